The van der Waals surface area contributed by atoms with Crippen LogP contribution in [-0.4, -0.2) is 21.9 Å². The third-order valence-corrected chi connectivity index (χ3v) is 7.38. The minimum absolute atomic E-state index is 0.261. The van der Waals surface area contributed by atoms with E-state index in [0.717, 1.165) is 25.7 Å². The van der Waals surface area contributed by atoms with E-state index in [1.165, 1.54) is 22.7 Å². The number of thioether (sulfide) groups is 1. The number of hydrogen-bond donors (Lipinski definition) is 1. The molecule has 4 aromatic rings. The fourth-order valence-electron chi connectivity index (χ4n) is 2.50. The molecule has 2 aromatic heterocycles. The van der Waals surface area contributed by atoms with Crippen LogP contribution in [0.4, 0.5) is 5.13 Å². The van der Waals surface area contributed by atoms with E-state index in [2.05, 4.69) is 39.8 Å². The van der Waals surface area contributed by atoms with Gasteiger partial charge < -0.3 is 0 Å². The van der Waals surface area contributed by atoms with Crippen molar-refractivity contribution >= 4 is 73.2 Å². The van der Waals surface area contributed by atoms with Crippen LogP contribution in [0.3, 0.4) is 0 Å². The molecule has 0 unspecified atom stereocenters. The van der Waals surface area contributed by atoms with Crippen molar-refractivity contribution in [2.24, 2.45) is 0 Å². The topological polar surface area (TPSA) is 54.9 Å². The average Bonchev–Trinajstić information content (AvgIpc) is 3.30. The number of thiophene rings is 1. The van der Waals surface area contributed by atoms with Gasteiger partial charge in [-0.15, -0.1) is 21.5 Å². The molecular formula is C20H14ClN3OS3. The molecular weight excluding hydrogens is 430 g/mol. The summed E-state index contributed by atoms with van der Waals surface area (Å²) in [6, 6.07) is 17.8. The molecule has 28 heavy (non-hydrogen) atoms. The largest absolute Gasteiger partial charge is 0.296 e. The van der Waals surface area contributed by atoms with Gasteiger partial charge >= 0.3 is 0 Å². The van der Waals surface area contributed by atoms with Gasteiger partial charge in [-0.05, 0) is 11.6 Å². The highest BCUT2D eigenvalue weighted by Gasteiger charge is 2.18. The Hall–Kier alpha value is -2.19. The molecule has 0 bridgehead atoms. The van der Waals surface area contributed by atoms with Gasteiger partial charge in [-0.25, -0.2) is 0 Å². The molecule has 0 saturated carbocycles. The summed E-state index contributed by atoms with van der Waals surface area (Å²) in [5.41, 5.74) is 1.16. The highest BCUT2D eigenvalue weighted by atomic mass is 35.5. The van der Waals surface area contributed by atoms with E-state index < -0.39 is 0 Å². The zero-order valence-corrected chi connectivity index (χ0v) is 17.7. The number of amides is 1. The Bertz CT molecular complexity index is 1140. The molecule has 1 N–H and O–H groups in total. The van der Waals surface area contributed by atoms with Crippen LogP contribution < -0.4 is 5.32 Å². The van der Waals surface area contributed by atoms with Crippen LogP contribution in [0.1, 0.15) is 15.2 Å². The van der Waals surface area contributed by atoms with Crippen molar-refractivity contribution in [1.29, 1.82) is 0 Å². The van der Waals surface area contributed by atoms with Crippen molar-refractivity contribution in [1.82, 2.24) is 10.2 Å². The third kappa shape index (κ3) is 4.44. The van der Waals surface area contributed by atoms with E-state index in [-0.39, 0.29) is 5.91 Å². The van der Waals surface area contributed by atoms with Crippen LogP contribution in [0, 0.1) is 0 Å². The predicted octanol–water partition coefficient (Wildman–Crippen LogP) is 6.46. The molecule has 2 aromatic carbocycles. The standard InChI is InChI=1S/C20H14ClN3OS3/c21-16-14-10-4-5-11-15(14)27-17(16)18(25)22-19-23-24-20(28-19)26-12-6-9-13-7-2-1-3-8-13/h1-11H,12H2,(H,22,23,25). The van der Waals surface area contributed by atoms with E-state index in [1.807, 2.05) is 42.5 Å². The van der Waals surface area contributed by atoms with Gasteiger partial charge in [0.1, 0.15) is 4.88 Å². The molecule has 1 amide bonds. The molecule has 0 aliphatic heterocycles. The zero-order valence-electron chi connectivity index (χ0n) is 14.5. The predicted molar refractivity (Wildman–Crippen MR) is 121 cm³/mol. The highest BCUT2D eigenvalue weighted by Crippen LogP contribution is 2.36. The van der Waals surface area contributed by atoms with Gasteiger partial charge in [0.05, 0.1) is 5.02 Å². The maximum absolute atomic E-state index is 12.6. The number of nitrogens with zero attached hydrogens (tertiary/aromatic N) is 2. The molecule has 4 rings (SSSR count). The fourth-order valence-corrected chi connectivity index (χ4v) is 5.50. The number of carbonyl (C=O) groups is 1. The average molecular weight is 444 g/mol. The van der Waals surface area contributed by atoms with E-state index >= 15 is 0 Å². The van der Waals surface area contributed by atoms with Crippen LogP contribution in [0.25, 0.3) is 16.2 Å². The molecule has 0 saturated heterocycles. The van der Waals surface area contributed by atoms with Crippen LogP contribution in [-0.2, 0) is 0 Å². The Labute approximate surface area is 179 Å². The normalized spacial score (nSPS) is 11.3. The summed E-state index contributed by atoms with van der Waals surface area (Å²) in [7, 11) is 0. The SMILES string of the molecule is O=C(Nc1nnc(SCC=Cc2ccccc2)s1)c1sc2ccccc2c1Cl. The highest BCUT2D eigenvalue weighted by molar-refractivity contribution is 8.01. The molecule has 140 valence electrons. The third-order valence-electron chi connectivity index (χ3n) is 3.78. The van der Waals surface area contributed by atoms with Gasteiger partial charge in [0, 0.05) is 15.8 Å². The fraction of sp³-hybridized carbons (Fsp3) is 0.0500. The van der Waals surface area contributed by atoms with Crippen molar-refractivity contribution in [3.05, 3.63) is 76.1 Å². The van der Waals surface area contributed by atoms with Gasteiger partial charge in [0.25, 0.3) is 5.91 Å². The summed E-state index contributed by atoms with van der Waals surface area (Å²) < 4.78 is 1.78. The molecule has 0 atom stereocenters. The molecule has 0 radical (unpaired) electrons. The van der Waals surface area contributed by atoms with Crippen LogP contribution in [0.5, 0.6) is 0 Å². The second kappa shape index (κ2) is 8.87. The van der Waals surface area contributed by atoms with E-state index in [9.17, 15) is 4.79 Å². The van der Waals surface area contributed by atoms with Crippen molar-refractivity contribution in [2.75, 3.05) is 11.1 Å². The van der Waals surface area contributed by atoms with Gasteiger partial charge in [-0.3, -0.25) is 10.1 Å². The monoisotopic (exact) mass is 443 g/mol. The number of hydrogen-bond acceptors (Lipinski definition) is 6. The molecule has 8 heteroatoms. The molecule has 2 heterocycles. The Kier molecular flexibility index (Phi) is 6.07. The van der Waals surface area contributed by atoms with E-state index in [1.54, 1.807) is 11.8 Å². The van der Waals surface area contributed by atoms with Crippen LogP contribution in [0.15, 0.2) is 65.0 Å². The first kappa shape index (κ1) is 19.1. The summed E-state index contributed by atoms with van der Waals surface area (Å²) in [5, 5.41) is 12.8. The number of carbonyl (C=O) groups excluding carboxylic acids is 1. The molecule has 0 fully saturated rings. The first-order valence-electron chi connectivity index (χ1n) is 8.37. The zero-order chi connectivity index (χ0) is 19.3. The van der Waals surface area contributed by atoms with Crippen molar-refractivity contribution in [3.63, 3.8) is 0 Å². The van der Waals surface area contributed by atoms with Crippen molar-refractivity contribution in [3.8, 4) is 0 Å². The Morgan fingerprint density at radius 3 is 2.68 bits per heavy atom. The number of halogens is 1. The quantitative estimate of drug-likeness (QED) is 0.274. The van der Waals surface area contributed by atoms with E-state index in [4.69, 9.17) is 11.6 Å². The summed E-state index contributed by atoms with van der Waals surface area (Å²) >= 11 is 10.7. The lowest BCUT2D eigenvalue weighted by molar-refractivity contribution is 0.103. The van der Waals surface area contributed by atoms with Gasteiger partial charge in [0.15, 0.2) is 4.34 Å². The minimum atomic E-state index is -0.261. The summed E-state index contributed by atoms with van der Waals surface area (Å²) in [4.78, 5) is 13.1. The lowest BCUT2D eigenvalue weighted by atomic mass is 10.2. The number of fused-ring (bicyclic) bond motifs is 1. The lowest BCUT2D eigenvalue weighted by Crippen LogP contribution is -2.10. The Balaban J connectivity index is 1.37. The number of benzene rings is 2. The first-order chi connectivity index (χ1) is 13.7. The second-order valence-corrected chi connectivity index (χ2v) is 9.37. The summed E-state index contributed by atoms with van der Waals surface area (Å²) in [6.07, 6.45) is 4.15. The van der Waals surface area contributed by atoms with Crippen LogP contribution >= 0.6 is 46.0 Å². The minimum Gasteiger partial charge on any atom is -0.296 e. The van der Waals surface area contributed by atoms with Gasteiger partial charge in [-0.1, -0.05) is 95.4 Å². The molecule has 0 aliphatic carbocycles. The smallest absolute Gasteiger partial charge is 0.269 e. The molecule has 4 nitrogen and oxygen atoms in total. The molecule has 0 spiro atoms. The summed E-state index contributed by atoms with van der Waals surface area (Å²) in [6.45, 7) is 0. The first-order valence-corrected chi connectivity index (χ1v) is 11.4. The second-order valence-electron chi connectivity index (χ2n) is 5.69. The van der Waals surface area contributed by atoms with Gasteiger partial charge in [0.2, 0.25) is 5.13 Å². The maximum Gasteiger partial charge on any atom is 0.269 e. The van der Waals surface area contributed by atoms with E-state index in [0.29, 0.717) is 15.0 Å². The lowest BCUT2D eigenvalue weighted by Gasteiger charge is -1.98. The number of nitrogens with one attached hydrogen (secondary N) is 1. The number of rotatable bonds is 6. The number of aromatic nitrogens is 2. The van der Waals surface area contributed by atoms with Crippen LogP contribution in [0.2, 0.25) is 5.02 Å². The Morgan fingerprint density at radius 2 is 1.86 bits per heavy atom. The maximum atomic E-state index is 12.6. The Morgan fingerprint density at radius 1 is 1.07 bits per heavy atom. The van der Waals surface area contributed by atoms with Crippen molar-refractivity contribution < 1.29 is 4.79 Å². The summed E-state index contributed by atoms with van der Waals surface area (Å²) in [5.74, 6) is 0.516. The molecule has 0 aliphatic rings. The number of anilines is 1. The van der Waals surface area contributed by atoms with Gasteiger partial charge in [-0.2, -0.15) is 0 Å². The van der Waals surface area contributed by atoms with Crippen molar-refractivity contribution in [2.45, 2.75) is 4.34 Å².